The molecular formula is C60H65N11NaO13S2+. The van der Waals surface area contributed by atoms with Crippen LogP contribution in [0.15, 0.2) is 119 Å². The fourth-order valence-corrected chi connectivity index (χ4v) is 12.0. The molecule has 5 heterocycles. The van der Waals surface area contributed by atoms with E-state index in [1.165, 1.54) is 53.4 Å². The number of benzene rings is 4. The van der Waals surface area contributed by atoms with Crippen molar-refractivity contribution >= 4 is 103 Å². The summed E-state index contributed by atoms with van der Waals surface area (Å²) in [6.45, 7) is 9.11. The molecule has 0 saturated carbocycles. The van der Waals surface area contributed by atoms with Crippen LogP contribution in [-0.2, 0) is 62.2 Å². The van der Waals surface area contributed by atoms with E-state index >= 15 is 0 Å². The third-order valence-corrected chi connectivity index (χ3v) is 16.6. The van der Waals surface area contributed by atoms with Gasteiger partial charge in [0.05, 0.1) is 46.4 Å². The van der Waals surface area contributed by atoms with Crippen molar-refractivity contribution < 1.29 is 86.1 Å². The summed E-state index contributed by atoms with van der Waals surface area (Å²) in [6.07, 6.45) is 0.847. The van der Waals surface area contributed by atoms with Crippen LogP contribution in [0, 0.1) is 5.92 Å². The zero-order chi connectivity index (χ0) is 61.6. The van der Waals surface area contributed by atoms with E-state index in [0.717, 1.165) is 16.5 Å². The smallest absolute Gasteiger partial charge is 0.481 e. The van der Waals surface area contributed by atoms with Gasteiger partial charge in [-0.25, -0.2) is 32.6 Å². The average Bonchev–Trinajstić information content (AvgIpc) is 1.80. The summed E-state index contributed by atoms with van der Waals surface area (Å²) in [5.41, 5.74) is 1.90. The van der Waals surface area contributed by atoms with E-state index in [9.17, 15) is 51.9 Å². The van der Waals surface area contributed by atoms with Crippen LogP contribution >= 0.6 is 12.2 Å². The van der Waals surface area contributed by atoms with E-state index in [-0.39, 0.29) is 93.7 Å². The minimum atomic E-state index is -4.19. The fraction of sp³-hybridized carbons (Fsp3) is 0.333. The first-order valence-corrected chi connectivity index (χ1v) is 29.9. The number of ether oxygens (including phenoxy) is 2. The number of nitrogens with one attached hydrogen (secondary N) is 8. The number of hydrogen-bond acceptors (Lipinski definition) is 14. The number of cyclic esters (lactones) is 1. The van der Waals surface area contributed by atoms with Gasteiger partial charge in [-0.2, -0.15) is 0 Å². The van der Waals surface area contributed by atoms with Gasteiger partial charge < -0.3 is 61.3 Å². The van der Waals surface area contributed by atoms with Crippen molar-refractivity contribution in [2.45, 2.75) is 115 Å². The normalized spacial score (nSPS) is 16.7. The first kappa shape index (κ1) is 64.6. The van der Waals surface area contributed by atoms with Crippen LogP contribution in [0.5, 0.6) is 0 Å². The summed E-state index contributed by atoms with van der Waals surface area (Å²) in [5, 5.41) is 30.0. The first-order valence-electron chi connectivity index (χ1n) is 28.0. The van der Waals surface area contributed by atoms with Crippen molar-refractivity contribution in [2.75, 3.05) is 33.8 Å². The number of para-hydroxylation sites is 1. The molecule has 450 valence electrons. The summed E-state index contributed by atoms with van der Waals surface area (Å²) >= 11 is 5.55. The number of carbonyl (C=O) groups excluding carboxylic acids is 6. The molecule has 0 aliphatic carbocycles. The summed E-state index contributed by atoms with van der Waals surface area (Å²) in [5.74, 6) is -4.64. The van der Waals surface area contributed by atoms with Crippen LogP contribution in [0.2, 0.25) is 0 Å². The number of urea groups is 2. The molecule has 3 aliphatic heterocycles. The molecule has 27 heteroatoms. The Balaban J connectivity index is 0.00000982. The maximum Gasteiger partial charge on any atom is 1.00 e. The number of thiocarbonyl (C=S) groups is 1. The Morgan fingerprint density at radius 3 is 2.24 bits per heavy atom. The van der Waals surface area contributed by atoms with E-state index in [0.29, 0.717) is 48.6 Å². The molecule has 0 bridgehead atoms. The number of carboxylic acids is 1. The number of nitrogens with zero attached hydrogens (tertiary/aromatic N) is 3. The minimum Gasteiger partial charge on any atom is -0.481 e. The number of fused-ring (bicyclic) bond motifs is 5. The largest absolute Gasteiger partial charge is 1.00 e. The second-order valence-corrected chi connectivity index (χ2v) is 23.5. The minimum absolute atomic E-state index is 0. The van der Waals surface area contributed by atoms with Crippen molar-refractivity contribution in [3.63, 3.8) is 0 Å². The number of carbonyl (C=O) groups is 7. The molecular weight excluding hydrogens is 1170 g/mol. The fourth-order valence-electron chi connectivity index (χ4n) is 10.6. The molecule has 1 saturated heterocycles. The molecule has 1 unspecified atom stereocenters. The number of likely N-dealkylation sites (tertiary alicyclic amines) is 1. The number of pyridine rings is 2. The predicted molar refractivity (Wildman–Crippen MR) is 323 cm³/mol. The molecule has 1 fully saturated rings. The molecule has 0 spiro atoms. The molecule has 87 heavy (non-hydrogen) atoms. The third-order valence-electron chi connectivity index (χ3n) is 15.0. The molecule has 24 nitrogen and oxygen atoms in total. The van der Waals surface area contributed by atoms with Crippen LogP contribution in [-0.4, -0.2) is 106 Å². The molecule has 4 aromatic carbocycles. The van der Waals surface area contributed by atoms with Gasteiger partial charge in [0.1, 0.15) is 24.7 Å². The zero-order valence-electron chi connectivity index (χ0n) is 48.6. The monoisotopic (exact) mass is 1230 g/mol. The first-order chi connectivity index (χ1) is 41.1. The summed E-state index contributed by atoms with van der Waals surface area (Å²) < 4.78 is 42.6. The Hall–Kier alpha value is -8.43. The van der Waals surface area contributed by atoms with Crippen molar-refractivity contribution in [2.24, 2.45) is 5.92 Å². The number of carboxylic acid groups (broad SMARTS) is 1. The van der Waals surface area contributed by atoms with Gasteiger partial charge in [-0.15, -0.1) is 0 Å². The maximum atomic E-state index is 14.4. The Labute approximate surface area is 528 Å². The molecule has 3 aliphatic rings. The summed E-state index contributed by atoms with van der Waals surface area (Å²) in [6, 6.07) is 23.5. The van der Waals surface area contributed by atoms with E-state index < -0.39 is 99.5 Å². The van der Waals surface area contributed by atoms with Gasteiger partial charge in [-0.1, -0.05) is 64.1 Å². The van der Waals surface area contributed by atoms with Gasteiger partial charge in [-0.3, -0.25) is 23.9 Å². The second-order valence-electron chi connectivity index (χ2n) is 21.4. The molecule has 6 aromatic rings. The number of sulfonamides is 1. The molecule has 6 amide bonds. The molecule has 9 N–H and O–H groups in total. The van der Waals surface area contributed by atoms with Crippen LogP contribution < -0.4 is 77.1 Å². The third kappa shape index (κ3) is 14.5. The number of hydrogen-bond donors (Lipinski definition) is 9. The SMILES string of the molecule is CCCNC(=O)Nc1cccc(S(=O)(=O)Nc2cccc(C(CC(=O)O)NC(=O)Nc3ccc(NC(=S)N[C@@H](C)C(=O)N4CCC[C@H]4C(=O)N[C@H](C(=O)O[C@]4(CC)C(=O)OCc5c4cc4n(c5=O)Cc5cc6ccccc6nc5-4)C(C)C)cc3)c2)c1.[Na+]. The van der Waals surface area contributed by atoms with E-state index in [4.69, 9.17) is 26.7 Å². The Kier molecular flexibility index (Phi) is 20.4. The van der Waals surface area contributed by atoms with Crippen LogP contribution in [0.3, 0.4) is 0 Å². The number of aliphatic carboxylic acids is 1. The number of esters is 2. The Bertz CT molecular complexity index is 3870. The van der Waals surface area contributed by atoms with Crippen LogP contribution in [0.25, 0.3) is 22.3 Å². The Morgan fingerprint density at radius 2 is 1.53 bits per heavy atom. The summed E-state index contributed by atoms with van der Waals surface area (Å²) in [7, 11) is -4.19. The number of rotatable bonds is 20. The van der Waals surface area contributed by atoms with E-state index in [1.54, 1.807) is 62.6 Å². The van der Waals surface area contributed by atoms with Crippen molar-refractivity contribution in [3.05, 3.63) is 142 Å². The molecule has 2 aromatic heterocycles. The number of aromatic nitrogens is 2. The van der Waals surface area contributed by atoms with Gasteiger partial charge >= 0.3 is 59.5 Å². The quantitative estimate of drug-likeness (QED) is 0.0298. The standard InChI is InChI=1S/C60H65N11O13S2.Na/c1-6-24-61-57(79)64-40-15-11-17-42(28-40)86(81,82)69-41-16-10-14-36(27-41)46(30-49(72)73)67-58(80)63-38-20-22-39(23-21-38)65-59(85)62-34(5)53(75)70-25-12-19-47(70)52(74)68-50(33(3)4)55(77)84-60(7-2)44-29-48-51-37(26-35-13-8-9-18-45(35)66-51)31-71(48)54(76)43(44)32-83-56(60)78;/h8-11,13-18,20-23,26-29,33-34,46-47,50,69H,6-7,12,19,24-25,30-32H2,1-5H3,(H,68,74)(H,72,73)(H2,61,64,79)(H2,62,65,85)(H2,63,67,80);/q;+1/t34-,46?,47-,50-,60-;/m0./s1. The van der Waals surface area contributed by atoms with Gasteiger partial charge in [0.25, 0.3) is 15.6 Å². The van der Waals surface area contributed by atoms with Gasteiger partial charge in [0, 0.05) is 52.4 Å². The number of anilines is 4. The van der Waals surface area contributed by atoms with Gasteiger partial charge in [0.15, 0.2) is 5.11 Å². The van der Waals surface area contributed by atoms with Gasteiger partial charge in [0.2, 0.25) is 17.4 Å². The predicted octanol–water partition coefficient (Wildman–Crippen LogP) is 3.81. The van der Waals surface area contributed by atoms with Gasteiger partial charge in [-0.05, 0) is 129 Å². The van der Waals surface area contributed by atoms with Crippen molar-refractivity contribution in [3.8, 4) is 11.4 Å². The zero-order valence-corrected chi connectivity index (χ0v) is 52.3. The van der Waals surface area contributed by atoms with Crippen LogP contribution in [0.1, 0.15) is 95.0 Å². The molecule has 0 radical (unpaired) electrons. The summed E-state index contributed by atoms with van der Waals surface area (Å²) in [4.78, 5) is 114. The van der Waals surface area contributed by atoms with Crippen molar-refractivity contribution in [1.82, 2.24) is 35.7 Å². The van der Waals surface area contributed by atoms with Crippen LogP contribution in [0.4, 0.5) is 32.3 Å². The Morgan fingerprint density at radius 1 is 0.828 bits per heavy atom. The number of amides is 6. The average molecular weight is 1240 g/mol. The molecule has 9 rings (SSSR count). The second kappa shape index (κ2) is 27.5. The maximum absolute atomic E-state index is 14.4. The van der Waals surface area contributed by atoms with Crippen molar-refractivity contribution in [1.29, 1.82) is 0 Å². The van der Waals surface area contributed by atoms with E-state index in [2.05, 4.69) is 41.9 Å². The molecule has 5 atom stereocenters. The van der Waals surface area contributed by atoms with E-state index in [1.807, 2.05) is 37.3 Å². The topological polar surface area (TPSA) is 327 Å².